The largest absolute Gasteiger partial charge is 0.355 e. The number of hydrogen-bond donors (Lipinski definition) is 2. The molecule has 0 amide bonds. The molecule has 7 heteroatoms. The molecule has 0 aromatic carbocycles. The van der Waals surface area contributed by atoms with E-state index in [4.69, 9.17) is 4.99 Å². The molecule has 0 saturated carbocycles. The summed E-state index contributed by atoms with van der Waals surface area (Å²) in [6, 6.07) is 0.419. The van der Waals surface area contributed by atoms with Crippen molar-refractivity contribution in [3.05, 3.63) is 12.2 Å². The minimum Gasteiger partial charge on any atom is -0.355 e. The van der Waals surface area contributed by atoms with Gasteiger partial charge in [0, 0.05) is 32.1 Å². The first-order chi connectivity index (χ1) is 13.2. The Bertz CT molecular complexity index is 532. The van der Waals surface area contributed by atoms with E-state index in [1.54, 1.807) is 6.33 Å². The fourth-order valence-corrected chi connectivity index (χ4v) is 3.37. The van der Waals surface area contributed by atoms with E-state index in [1.807, 2.05) is 0 Å². The van der Waals surface area contributed by atoms with Crippen LogP contribution in [0, 0.1) is 0 Å². The maximum Gasteiger partial charge on any atom is 0.191 e. The van der Waals surface area contributed by atoms with E-state index in [1.165, 1.54) is 45.3 Å². The first-order valence-corrected chi connectivity index (χ1v) is 10.9. The summed E-state index contributed by atoms with van der Waals surface area (Å²) in [5.74, 6) is 1.95. The molecule has 7 nitrogen and oxygen atoms in total. The van der Waals surface area contributed by atoms with Crippen LogP contribution < -0.4 is 10.6 Å². The molecule has 2 rings (SSSR count). The first-order valence-electron chi connectivity index (χ1n) is 10.9. The Kier molecular flexibility index (Phi) is 10.2. The molecule has 1 aromatic rings. The van der Waals surface area contributed by atoms with Gasteiger partial charge in [0.1, 0.15) is 12.2 Å². The third-order valence-corrected chi connectivity index (χ3v) is 5.25. The van der Waals surface area contributed by atoms with Crippen molar-refractivity contribution >= 4 is 5.96 Å². The lowest BCUT2D eigenvalue weighted by molar-refractivity contribution is 0.283. The topological polar surface area (TPSA) is 70.4 Å². The van der Waals surface area contributed by atoms with E-state index in [0.717, 1.165) is 50.7 Å². The fourth-order valence-electron chi connectivity index (χ4n) is 3.37. The van der Waals surface area contributed by atoms with Gasteiger partial charge >= 0.3 is 0 Å². The van der Waals surface area contributed by atoms with E-state index in [0.29, 0.717) is 6.04 Å². The third kappa shape index (κ3) is 8.28. The van der Waals surface area contributed by atoms with Gasteiger partial charge in [-0.1, -0.05) is 26.7 Å². The maximum atomic E-state index is 4.81. The van der Waals surface area contributed by atoms with Crippen molar-refractivity contribution in [2.24, 2.45) is 4.99 Å². The molecule has 0 bridgehead atoms. The molecule has 1 aromatic heterocycles. The number of hydrogen-bond acceptors (Lipinski definition) is 4. The molecule has 2 N–H and O–H groups in total. The molecule has 0 radical (unpaired) electrons. The van der Waals surface area contributed by atoms with Crippen LogP contribution in [0.1, 0.15) is 65.1 Å². The molecule has 1 saturated heterocycles. The summed E-state index contributed by atoms with van der Waals surface area (Å²) in [6.45, 7) is 12.7. The van der Waals surface area contributed by atoms with Crippen LogP contribution in [0.25, 0.3) is 0 Å². The molecule has 1 atom stereocenters. The molecular formula is C20H39N7. The Morgan fingerprint density at radius 1 is 1.19 bits per heavy atom. The number of likely N-dealkylation sites (tertiary alicyclic amines) is 1. The van der Waals surface area contributed by atoms with Crippen LogP contribution in [0.4, 0.5) is 0 Å². The standard InChI is InChI=1S/C20H39N7/c1-4-18(3)24-20(22-12-16-27-17-23-25-19(27)5-2)21-11-10-15-26-13-8-6-7-9-14-26/h17-18H,4-16H2,1-3H3,(H2,21,22,24). The molecular weight excluding hydrogens is 338 g/mol. The number of aliphatic imine (C=N–C) groups is 1. The summed E-state index contributed by atoms with van der Waals surface area (Å²) >= 11 is 0. The number of guanidine groups is 1. The molecule has 27 heavy (non-hydrogen) atoms. The maximum absolute atomic E-state index is 4.81. The average molecular weight is 378 g/mol. The average Bonchev–Trinajstić information content (AvgIpc) is 2.97. The van der Waals surface area contributed by atoms with Crippen LogP contribution in [-0.4, -0.2) is 64.4 Å². The van der Waals surface area contributed by atoms with Crippen molar-refractivity contribution in [2.45, 2.75) is 78.3 Å². The lowest BCUT2D eigenvalue weighted by Crippen LogP contribution is -2.43. The summed E-state index contributed by atoms with van der Waals surface area (Å²) in [7, 11) is 0. The zero-order valence-electron chi connectivity index (χ0n) is 17.6. The minimum atomic E-state index is 0.419. The van der Waals surface area contributed by atoms with Gasteiger partial charge in [0.25, 0.3) is 0 Å². The van der Waals surface area contributed by atoms with Crippen molar-refractivity contribution in [3.63, 3.8) is 0 Å². The summed E-state index contributed by atoms with van der Waals surface area (Å²) in [5.41, 5.74) is 0. The van der Waals surface area contributed by atoms with E-state index < -0.39 is 0 Å². The number of rotatable bonds is 10. The predicted molar refractivity (Wildman–Crippen MR) is 112 cm³/mol. The van der Waals surface area contributed by atoms with Crippen LogP contribution in [0.3, 0.4) is 0 Å². The highest BCUT2D eigenvalue weighted by molar-refractivity contribution is 5.80. The van der Waals surface area contributed by atoms with E-state index in [9.17, 15) is 0 Å². The van der Waals surface area contributed by atoms with Crippen LogP contribution in [0.15, 0.2) is 11.3 Å². The van der Waals surface area contributed by atoms with E-state index in [-0.39, 0.29) is 0 Å². The Balaban J connectivity index is 1.76. The van der Waals surface area contributed by atoms with E-state index >= 15 is 0 Å². The molecule has 1 fully saturated rings. The second kappa shape index (κ2) is 12.7. The first kappa shape index (κ1) is 21.7. The van der Waals surface area contributed by atoms with Gasteiger partial charge in [0.15, 0.2) is 5.96 Å². The lowest BCUT2D eigenvalue weighted by Gasteiger charge is -2.20. The van der Waals surface area contributed by atoms with Gasteiger partial charge in [-0.05, 0) is 52.2 Å². The summed E-state index contributed by atoms with van der Waals surface area (Å²) in [6.07, 6.45) is 10.4. The number of aromatic nitrogens is 3. The molecule has 154 valence electrons. The smallest absolute Gasteiger partial charge is 0.191 e. The Hall–Kier alpha value is -1.63. The van der Waals surface area contributed by atoms with Crippen LogP contribution in [0.2, 0.25) is 0 Å². The second-order valence-electron chi connectivity index (χ2n) is 7.51. The number of nitrogens with one attached hydrogen (secondary N) is 2. The zero-order chi connectivity index (χ0) is 19.3. The van der Waals surface area contributed by atoms with Gasteiger partial charge in [-0.2, -0.15) is 0 Å². The highest BCUT2D eigenvalue weighted by Crippen LogP contribution is 2.09. The molecule has 1 aliphatic heterocycles. The Morgan fingerprint density at radius 3 is 2.67 bits per heavy atom. The van der Waals surface area contributed by atoms with Crippen molar-refractivity contribution in [3.8, 4) is 0 Å². The quantitative estimate of drug-likeness (QED) is 0.372. The zero-order valence-corrected chi connectivity index (χ0v) is 17.6. The van der Waals surface area contributed by atoms with Crippen LogP contribution >= 0.6 is 0 Å². The van der Waals surface area contributed by atoms with Crippen LogP contribution in [0.5, 0.6) is 0 Å². The van der Waals surface area contributed by atoms with Crippen molar-refractivity contribution in [1.82, 2.24) is 30.3 Å². The molecule has 0 aliphatic carbocycles. The van der Waals surface area contributed by atoms with Gasteiger partial charge in [-0.3, -0.25) is 4.99 Å². The normalized spacial score (nSPS) is 17.5. The summed E-state index contributed by atoms with van der Waals surface area (Å²) < 4.78 is 2.10. The highest BCUT2D eigenvalue weighted by Gasteiger charge is 2.09. The second-order valence-corrected chi connectivity index (χ2v) is 7.51. The molecule has 1 aliphatic rings. The summed E-state index contributed by atoms with van der Waals surface area (Å²) in [5, 5.41) is 15.1. The van der Waals surface area contributed by atoms with Gasteiger partial charge in [0.05, 0.1) is 0 Å². The van der Waals surface area contributed by atoms with Crippen molar-refractivity contribution < 1.29 is 0 Å². The van der Waals surface area contributed by atoms with Crippen LogP contribution in [-0.2, 0) is 13.0 Å². The van der Waals surface area contributed by atoms with Gasteiger partial charge in [-0.15, -0.1) is 10.2 Å². The summed E-state index contributed by atoms with van der Waals surface area (Å²) in [4.78, 5) is 7.42. The molecule has 0 spiro atoms. The van der Waals surface area contributed by atoms with E-state index in [2.05, 4.69) is 51.1 Å². The molecule has 2 heterocycles. The monoisotopic (exact) mass is 377 g/mol. The lowest BCUT2D eigenvalue weighted by atomic mass is 10.2. The minimum absolute atomic E-state index is 0.419. The fraction of sp³-hybridized carbons (Fsp3) is 0.850. The third-order valence-electron chi connectivity index (χ3n) is 5.25. The predicted octanol–water partition coefficient (Wildman–Crippen LogP) is 2.44. The van der Waals surface area contributed by atoms with Crippen molar-refractivity contribution in [2.75, 3.05) is 32.7 Å². The van der Waals surface area contributed by atoms with Gasteiger partial charge in [0.2, 0.25) is 0 Å². The Morgan fingerprint density at radius 2 is 1.96 bits per heavy atom. The Labute approximate surface area is 165 Å². The van der Waals surface area contributed by atoms with Crippen molar-refractivity contribution in [1.29, 1.82) is 0 Å². The molecule has 1 unspecified atom stereocenters. The highest BCUT2D eigenvalue weighted by atomic mass is 15.3. The van der Waals surface area contributed by atoms with Gasteiger partial charge in [-0.25, -0.2) is 0 Å². The SMILES string of the molecule is CCc1nncn1CCNC(=NCCCN1CCCCCC1)NC(C)CC. The van der Waals surface area contributed by atoms with Gasteiger partial charge < -0.3 is 20.1 Å². The number of nitrogens with zero attached hydrogens (tertiary/aromatic N) is 5. The number of aryl methyl sites for hydroxylation is 1.